The maximum Gasteiger partial charge on any atom is 0.417 e. The first-order valence-corrected chi connectivity index (χ1v) is 8.30. The van der Waals surface area contributed by atoms with Crippen LogP contribution in [0.25, 0.3) is 22.7 Å². The Morgan fingerprint density at radius 1 is 1.21 bits per heavy atom. The van der Waals surface area contributed by atoms with Gasteiger partial charge in [-0.15, -0.1) is 11.8 Å². The van der Waals surface area contributed by atoms with Crippen LogP contribution in [0.5, 0.6) is 0 Å². The number of alkyl halides is 3. The summed E-state index contributed by atoms with van der Waals surface area (Å²) in [7, 11) is 1.73. The van der Waals surface area contributed by atoms with Crippen molar-refractivity contribution in [1.29, 1.82) is 0 Å². The number of hydrogen-bond donors (Lipinski definition) is 0. The van der Waals surface area contributed by atoms with E-state index >= 15 is 0 Å². The van der Waals surface area contributed by atoms with Crippen molar-refractivity contribution < 1.29 is 13.2 Å². The minimum Gasteiger partial charge on any atom is -0.310 e. The van der Waals surface area contributed by atoms with Crippen molar-refractivity contribution in [3.63, 3.8) is 0 Å². The Labute approximate surface area is 141 Å². The first kappa shape index (κ1) is 16.8. The van der Waals surface area contributed by atoms with Crippen LogP contribution in [0.15, 0.2) is 29.3 Å². The Bertz CT molecular complexity index is 902. The van der Waals surface area contributed by atoms with Crippen molar-refractivity contribution in [2.75, 3.05) is 5.75 Å². The average Bonchev–Trinajstić information content (AvgIpc) is 2.85. The molecule has 4 nitrogen and oxygen atoms in total. The number of imidazole rings is 1. The Morgan fingerprint density at radius 2 is 1.96 bits per heavy atom. The van der Waals surface area contributed by atoms with Crippen LogP contribution < -0.4 is 0 Å². The molecule has 0 N–H and O–H groups in total. The van der Waals surface area contributed by atoms with Crippen LogP contribution in [0, 0.1) is 6.92 Å². The molecule has 0 aromatic carbocycles. The first-order chi connectivity index (χ1) is 11.3. The van der Waals surface area contributed by atoms with Crippen molar-refractivity contribution in [3.8, 4) is 11.5 Å². The summed E-state index contributed by atoms with van der Waals surface area (Å²) in [5, 5.41) is 0. The second kappa shape index (κ2) is 6.08. The maximum atomic E-state index is 12.9. The number of nitrogens with zero attached hydrogens (tertiary/aromatic N) is 4. The first-order valence-electron chi connectivity index (χ1n) is 7.31. The standard InChI is InChI=1S/C16H15F3N4S/c1-4-24-12-6-5-9(2)21-13(12)15-22-11-7-10(16(17,18)19)8-20-14(11)23(15)3/h5-8H,4H2,1-3H3. The van der Waals surface area contributed by atoms with E-state index in [2.05, 4.69) is 15.0 Å². The average molecular weight is 352 g/mol. The molecule has 0 spiro atoms. The largest absolute Gasteiger partial charge is 0.417 e. The van der Waals surface area contributed by atoms with Crippen molar-refractivity contribution in [1.82, 2.24) is 19.5 Å². The van der Waals surface area contributed by atoms with E-state index in [9.17, 15) is 13.2 Å². The molecule has 0 aliphatic carbocycles. The summed E-state index contributed by atoms with van der Waals surface area (Å²) in [5.41, 5.74) is 1.28. The van der Waals surface area contributed by atoms with E-state index in [1.807, 2.05) is 26.0 Å². The summed E-state index contributed by atoms with van der Waals surface area (Å²) in [6.45, 7) is 3.90. The van der Waals surface area contributed by atoms with Gasteiger partial charge in [0, 0.05) is 23.8 Å². The highest BCUT2D eigenvalue weighted by Crippen LogP contribution is 2.33. The third kappa shape index (κ3) is 2.98. The zero-order valence-electron chi connectivity index (χ0n) is 13.3. The molecule has 0 unspecified atom stereocenters. The van der Waals surface area contributed by atoms with Crippen LogP contribution in [0.2, 0.25) is 0 Å². The second-order valence-corrected chi connectivity index (χ2v) is 6.60. The molecule has 3 aromatic heterocycles. The molecular formula is C16H15F3N4S. The summed E-state index contributed by atoms with van der Waals surface area (Å²) in [5.74, 6) is 1.37. The number of rotatable bonds is 3. The van der Waals surface area contributed by atoms with E-state index in [0.717, 1.165) is 28.6 Å². The molecular weight excluding hydrogens is 337 g/mol. The van der Waals surface area contributed by atoms with Gasteiger partial charge in [-0.25, -0.2) is 15.0 Å². The van der Waals surface area contributed by atoms with Gasteiger partial charge in [0.2, 0.25) is 0 Å². The van der Waals surface area contributed by atoms with E-state index in [4.69, 9.17) is 0 Å². The van der Waals surface area contributed by atoms with Gasteiger partial charge >= 0.3 is 6.18 Å². The number of thioether (sulfide) groups is 1. The van der Waals surface area contributed by atoms with E-state index in [1.54, 1.807) is 23.4 Å². The summed E-state index contributed by atoms with van der Waals surface area (Å²) in [6, 6.07) is 4.89. The fourth-order valence-electron chi connectivity index (χ4n) is 2.42. The van der Waals surface area contributed by atoms with Crippen molar-refractivity contribution >= 4 is 22.9 Å². The van der Waals surface area contributed by atoms with E-state index in [0.29, 0.717) is 17.2 Å². The second-order valence-electron chi connectivity index (χ2n) is 5.29. The Hall–Kier alpha value is -2.09. The van der Waals surface area contributed by atoms with E-state index in [-0.39, 0.29) is 5.52 Å². The SMILES string of the molecule is CCSc1ccc(C)nc1-c1nc2cc(C(F)(F)F)cnc2n1C. The molecule has 0 saturated carbocycles. The van der Waals surface area contributed by atoms with Gasteiger partial charge in [-0.2, -0.15) is 13.2 Å². The lowest BCUT2D eigenvalue weighted by atomic mass is 10.2. The molecule has 0 aliphatic heterocycles. The maximum absolute atomic E-state index is 12.9. The van der Waals surface area contributed by atoms with Crippen molar-refractivity contribution in [3.05, 3.63) is 35.7 Å². The smallest absolute Gasteiger partial charge is 0.310 e. The lowest BCUT2D eigenvalue weighted by Crippen LogP contribution is -2.05. The van der Waals surface area contributed by atoms with Crippen molar-refractivity contribution in [2.45, 2.75) is 24.9 Å². The molecule has 0 atom stereocenters. The van der Waals surface area contributed by atoms with Crippen LogP contribution in [-0.4, -0.2) is 25.3 Å². The van der Waals surface area contributed by atoms with Crippen LogP contribution in [-0.2, 0) is 13.2 Å². The Balaban J connectivity index is 2.21. The Morgan fingerprint density at radius 3 is 2.62 bits per heavy atom. The van der Waals surface area contributed by atoms with Crippen LogP contribution in [0.1, 0.15) is 18.2 Å². The number of fused-ring (bicyclic) bond motifs is 1. The highest BCUT2D eigenvalue weighted by molar-refractivity contribution is 7.99. The third-order valence-corrected chi connectivity index (χ3v) is 4.47. The number of pyridine rings is 2. The fourth-order valence-corrected chi connectivity index (χ4v) is 3.17. The van der Waals surface area contributed by atoms with Gasteiger partial charge in [-0.05, 0) is 30.9 Å². The summed E-state index contributed by atoms with van der Waals surface area (Å²) >= 11 is 1.62. The molecule has 3 aromatic rings. The molecule has 126 valence electrons. The van der Waals surface area contributed by atoms with Gasteiger partial charge in [0.1, 0.15) is 11.2 Å². The normalized spacial score (nSPS) is 12.1. The molecule has 8 heteroatoms. The number of aryl methyl sites for hydroxylation is 2. The molecule has 0 bridgehead atoms. The van der Waals surface area contributed by atoms with Gasteiger partial charge in [-0.3, -0.25) is 0 Å². The summed E-state index contributed by atoms with van der Waals surface area (Å²) in [6.07, 6.45) is -3.61. The highest BCUT2D eigenvalue weighted by Gasteiger charge is 2.32. The summed E-state index contributed by atoms with van der Waals surface area (Å²) < 4.78 is 40.3. The highest BCUT2D eigenvalue weighted by atomic mass is 32.2. The minimum absolute atomic E-state index is 0.207. The number of halogens is 3. The van der Waals surface area contributed by atoms with E-state index < -0.39 is 11.7 Å². The van der Waals surface area contributed by atoms with Gasteiger partial charge < -0.3 is 4.57 Å². The molecule has 0 radical (unpaired) electrons. The molecule has 3 heterocycles. The zero-order chi connectivity index (χ0) is 17.5. The fraction of sp³-hybridized carbons (Fsp3) is 0.312. The van der Waals surface area contributed by atoms with E-state index in [1.165, 1.54) is 0 Å². The molecule has 24 heavy (non-hydrogen) atoms. The van der Waals surface area contributed by atoms with Gasteiger partial charge in [0.25, 0.3) is 0 Å². The Kier molecular flexibility index (Phi) is 4.25. The lowest BCUT2D eigenvalue weighted by molar-refractivity contribution is -0.137. The van der Waals surface area contributed by atoms with Crippen LogP contribution in [0.3, 0.4) is 0 Å². The topological polar surface area (TPSA) is 43.6 Å². The van der Waals surface area contributed by atoms with Gasteiger partial charge in [-0.1, -0.05) is 6.92 Å². The number of aromatic nitrogens is 4. The number of hydrogen-bond acceptors (Lipinski definition) is 4. The predicted octanol–water partition coefficient (Wildman–Crippen LogP) is 4.47. The molecule has 0 saturated heterocycles. The molecule has 3 rings (SSSR count). The molecule has 0 fully saturated rings. The predicted molar refractivity (Wildman–Crippen MR) is 87.9 cm³/mol. The van der Waals surface area contributed by atoms with Crippen LogP contribution in [0.4, 0.5) is 13.2 Å². The van der Waals surface area contributed by atoms with Crippen molar-refractivity contribution in [2.24, 2.45) is 7.05 Å². The molecule has 0 aliphatic rings. The van der Waals surface area contributed by atoms with Crippen LogP contribution >= 0.6 is 11.8 Å². The molecule has 0 amide bonds. The summed E-state index contributed by atoms with van der Waals surface area (Å²) in [4.78, 5) is 13.8. The third-order valence-electron chi connectivity index (χ3n) is 3.55. The lowest BCUT2D eigenvalue weighted by Gasteiger charge is -2.08. The monoisotopic (exact) mass is 352 g/mol. The van der Waals surface area contributed by atoms with Gasteiger partial charge in [0.05, 0.1) is 5.56 Å². The quantitative estimate of drug-likeness (QED) is 0.653. The minimum atomic E-state index is -4.44. The van der Waals surface area contributed by atoms with Gasteiger partial charge in [0.15, 0.2) is 11.5 Å². The zero-order valence-corrected chi connectivity index (χ0v) is 14.2.